The highest BCUT2D eigenvalue weighted by molar-refractivity contribution is 9.10. The van der Waals surface area contributed by atoms with Crippen molar-refractivity contribution in [1.29, 1.82) is 0 Å². The lowest BCUT2D eigenvalue weighted by atomic mass is 10.0. The molecule has 0 spiro atoms. The number of furan rings is 1. The van der Waals surface area contributed by atoms with Crippen molar-refractivity contribution in [3.63, 3.8) is 0 Å². The van der Waals surface area contributed by atoms with Gasteiger partial charge in [-0.05, 0) is 43.7 Å². The van der Waals surface area contributed by atoms with Crippen LogP contribution < -0.4 is 0 Å². The SMILES string of the molecule is Cc1cc(C(=O)Cc2cc(F)ccc2Br)c(C)o1. The summed E-state index contributed by atoms with van der Waals surface area (Å²) in [5.74, 6) is 0.885. The molecule has 2 aromatic rings. The van der Waals surface area contributed by atoms with E-state index in [-0.39, 0.29) is 18.0 Å². The molecule has 0 aliphatic rings. The molecule has 0 aliphatic heterocycles. The quantitative estimate of drug-likeness (QED) is 0.794. The van der Waals surface area contributed by atoms with Crippen LogP contribution in [0.15, 0.2) is 33.2 Å². The van der Waals surface area contributed by atoms with E-state index in [1.807, 2.05) is 0 Å². The van der Waals surface area contributed by atoms with Gasteiger partial charge in [0, 0.05) is 10.9 Å². The maximum atomic E-state index is 13.1. The smallest absolute Gasteiger partial charge is 0.170 e. The number of rotatable bonds is 3. The number of aryl methyl sites for hydroxylation is 2. The summed E-state index contributed by atoms with van der Waals surface area (Å²) in [6, 6.07) is 6.03. The largest absolute Gasteiger partial charge is 0.466 e. The molecule has 0 radical (unpaired) electrons. The number of benzene rings is 1. The Labute approximate surface area is 113 Å². The number of halogens is 2. The van der Waals surface area contributed by atoms with Crippen molar-refractivity contribution >= 4 is 21.7 Å². The Bertz CT molecular complexity index is 602. The average molecular weight is 311 g/mol. The van der Waals surface area contributed by atoms with Crippen molar-refractivity contribution in [3.05, 3.63) is 57.2 Å². The first-order valence-electron chi connectivity index (χ1n) is 5.51. The van der Waals surface area contributed by atoms with Crippen LogP contribution in [0, 0.1) is 19.7 Å². The van der Waals surface area contributed by atoms with Gasteiger partial charge in [-0.15, -0.1) is 0 Å². The normalized spacial score (nSPS) is 10.7. The lowest BCUT2D eigenvalue weighted by molar-refractivity contribution is 0.0991. The summed E-state index contributed by atoms with van der Waals surface area (Å²) in [4.78, 5) is 12.1. The number of ketones is 1. The first-order valence-corrected chi connectivity index (χ1v) is 6.31. The predicted molar refractivity (Wildman–Crippen MR) is 70.3 cm³/mol. The molecule has 0 fully saturated rings. The van der Waals surface area contributed by atoms with Crippen LogP contribution in [0.5, 0.6) is 0 Å². The molecule has 0 N–H and O–H groups in total. The van der Waals surface area contributed by atoms with E-state index in [9.17, 15) is 9.18 Å². The molecule has 0 saturated heterocycles. The van der Waals surface area contributed by atoms with Crippen LogP contribution in [0.1, 0.15) is 27.4 Å². The van der Waals surface area contributed by atoms with Gasteiger partial charge in [0.1, 0.15) is 17.3 Å². The van der Waals surface area contributed by atoms with Gasteiger partial charge in [0.05, 0.1) is 5.56 Å². The Morgan fingerprint density at radius 2 is 2.06 bits per heavy atom. The molecule has 4 heteroatoms. The van der Waals surface area contributed by atoms with Gasteiger partial charge in [-0.25, -0.2) is 4.39 Å². The number of hydrogen-bond donors (Lipinski definition) is 0. The van der Waals surface area contributed by atoms with E-state index in [1.54, 1.807) is 26.0 Å². The first kappa shape index (κ1) is 13.0. The number of carbonyl (C=O) groups is 1. The van der Waals surface area contributed by atoms with E-state index in [4.69, 9.17) is 4.42 Å². The second-order valence-electron chi connectivity index (χ2n) is 4.16. The first-order chi connectivity index (χ1) is 8.47. The van der Waals surface area contributed by atoms with Crippen LogP contribution in [-0.2, 0) is 6.42 Å². The van der Waals surface area contributed by atoms with Gasteiger partial charge in [0.25, 0.3) is 0 Å². The average Bonchev–Trinajstić information content (AvgIpc) is 2.63. The molecule has 1 aromatic carbocycles. The summed E-state index contributed by atoms with van der Waals surface area (Å²) in [5.41, 5.74) is 1.20. The van der Waals surface area contributed by atoms with Crippen molar-refractivity contribution in [2.75, 3.05) is 0 Å². The van der Waals surface area contributed by atoms with E-state index < -0.39 is 0 Å². The van der Waals surface area contributed by atoms with Crippen molar-refractivity contribution in [2.24, 2.45) is 0 Å². The van der Waals surface area contributed by atoms with Crippen LogP contribution >= 0.6 is 15.9 Å². The van der Waals surface area contributed by atoms with Crippen LogP contribution in [0.4, 0.5) is 4.39 Å². The molecule has 0 bridgehead atoms. The van der Waals surface area contributed by atoms with Crippen molar-refractivity contribution in [1.82, 2.24) is 0 Å². The van der Waals surface area contributed by atoms with Gasteiger partial charge in [-0.2, -0.15) is 0 Å². The molecule has 1 heterocycles. The number of hydrogen-bond acceptors (Lipinski definition) is 2. The summed E-state index contributed by atoms with van der Waals surface area (Å²) in [6.07, 6.45) is 0.151. The molecule has 94 valence electrons. The predicted octanol–water partition coefficient (Wildman–Crippen LogP) is 4.22. The zero-order valence-electron chi connectivity index (χ0n) is 10.1. The fraction of sp³-hybridized carbons (Fsp3) is 0.214. The standard InChI is InChI=1S/C14H12BrFO2/c1-8-5-12(9(2)18-8)14(17)7-10-6-11(16)3-4-13(10)15/h3-6H,7H2,1-2H3. The number of Topliss-reactive ketones (excluding diaryl/α,β-unsaturated/α-hetero) is 1. The lowest BCUT2D eigenvalue weighted by Crippen LogP contribution is -2.04. The fourth-order valence-corrected chi connectivity index (χ4v) is 2.24. The molecule has 0 saturated carbocycles. The van der Waals surface area contributed by atoms with E-state index in [0.29, 0.717) is 22.6 Å². The summed E-state index contributed by atoms with van der Waals surface area (Å²) in [5, 5.41) is 0. The fourth-order valence-electron chi connectivity index (χ4n) is 1.85. The van der Waals surface area contributed by atoms with Crippen LogP contribution in [-0.4, -0.2) is 5.78 Å². The highest BCUT2D eigenvalue weighted by Gasteiger charge is 2.15. The van der Waals surface area contributed by atoms with E-state index in [1.165, 1.54) is 12.1 Å². The van der Waals surface area contributed by atoms with Crippen molar-refractivity contribution in [3.8, 4) is 0 Å². The zero-order chi connectivity index (χ0) is 13.3. The summed E-state index contributed by atoms with van der Waals surface area (Å²) < 4.78 is 19.2. The Kier molecular flexibility index (Phi) is 3.66. The van der Waals surface area contributed by atoms with Crippen molar-refractivity contribution in [2.45, 2.75) is 20.3 Å². The van der Waals surface area contributed by atoms with Gasteiger partial charge in [-0.1, -0.05) is 15.9 Å². The van der Waals surface area contributed by atoms with E-state index >= 15 is 0 Å². The Morgan fingerprint density at radius 1 is 1.33 bits per heavy atom. The minimum atomic E-state index is -0.346. The second kappa shape index (κ2) is 5.06. The third-order valence-corrected chi connectivity index (χ3v) is 3.47. The molecule has 18 heavy (non-hydrogen) atoms. The molecule has 2 nitrogen and oxygen atoms in total. The Hall–Kier alpha value is -1.42. The van der Waals surface area contributed by atoms with Gasteiger partial charge < -0.3 is 4.42 Å². The molecule has 0 amide bonds. The highest BCUT2D eigenvalue weighted by atomic mass is 79.9. The number of carbonyl (C=O) groups excluding carboxylic acids is 1. The monoisotopic (exact) mass is 310 g/mol. The molecular weight excluding hydrogens is 299 g/mol. The molecule has 0 aliphatic carbocycles. The summed E-state index contributed by atoms with van der Waals surface area (Å²) in [7, 11) is 0. The van der Waals surface area contributed by atoms with Crippen LogP contribution in [0.3, 0.4) is 0 Å². The molecule has 2 rings (SSSR count). The van der Waals surface area contributed by atoms with Crippen LogP contribution in [0.25, 0.3) is 0 Å². The maximum Gasteiger partial charge on any atom is 0.170 e. The minimum absolute atomic E-state index is 0.0735. The maximum absolute atomic E-state index is 13.1. The highest BCUT2D eigenvalue weighted by Crippen LogP contribution is 2.22. The molecule has 0 atom stereocenters. The third-order valence-electron chi connectivity index (χ3n) is 2.70. The Morgan fingerprint density at radius 3 is 2.67 bits per heavy atom. The van der Waals surface area contributed by atoms with Gasteiger partial charge in [0.2, 0.25) is 0 Å². The topological polar surface area (TPSA) is 30.2 Å². The second-order valence-corrected chi connectivity index (χ2v) is 5.02. The zero-order valence-corrected chi connectivity index (χ0v) is 11.7. The van der Waals surface area contributed by atoms with Gasteiger partial charge >= 0.3 is 0 Å². The minimum Gasteiger partial charge on any atom is -0.466 e. The van der Waals surface area contributed by atoms with Crippen molar-refractivity contribution < 1.29 is 13.6 Å². The van der Waals surface area contributed by atoms with Gasteiger partial charge in [0.15, 0.2) is 5.78 Å². The lowest BCUT2D eigenvalue weighted by Gasteiger charge is -2.03. The molecular formula is C14H12BrFO2. The molecule has 0 unspecified atom stereocenters. The summed E-state index contributed by atoms with van der Waals surface area (Å²) >= 11 is 3.31. The van der Waals surface area contributed by atoms with Crippen LogP contribution in [0.2, 0.25) is 0 Å². The van der Waals surface area contributed by atoms with E-state index in [0.717, 1.165) is 4.47 Å². The van der Waals surface area contributed by atoms with Gasteiger partial charge in [-0.3, -0.25) is 4.79 Å². The van der Waals surface area contributed by atoms with E-state index in [2.05, 4.69) is 15.9 Å². The molecule has 1 aromatic heterocycles. The Balaban J connectivity index is 2.26. The summed E-state index contributed by atoms with van der Waals surface area (Å²) in [6.45, 7) is 3.54. The third kappa shape index (κ3) is 2.70.